The number of fused-ring (bicyclic) bond motifs is 1. The molecule has 4 nitrogen and oxygen atoms in total. The fourth-order valence-corrected chi connectivity index (χ4v) is 4.64. The van der Waals surface area contributed by atoms with E-state index in [-0.39, 0.29) is 18.3 Å². The first kappa shape index (κ1) is 23.3. The van der Waals surface area contributed by atoms with E-state index in [4.69, 9.17) is 4.98 Å². The summed E-state index contributed by atoms with van der Waals surface area (Å²) in [5.74, 6) is 0.0179. The number of hydrogen-bond acceptors (Lipinski definition) is 4. The van der Waals surface area contributed by atoms with Gasteiger partial charge in [-0.15, -0.1) is 12.4 Å². The summed E-state index contributed by atoms with van der Waals surface area (Å²) >= 11 is 1.60. The lowest BCUT2D eigenvalue weighted by Crippen LogP contribution is -2.38. The van der Waals surface area contributed by atoms with Gasteiger partial charge in [0.1, 0.15) is 0 Å². The third kappa shape index (κ3) is 5.35. The van der Waals surface area contributed by atoms with Crippen molar-refractivity contribution in [2.45, 2.75) is 34.6 Å². The summed E-state index contributed by atoms with van der Waals surface area (Å²) in [6.45, 7) is 13.9. The van der Waals surface area contributed by atoms with Gasteiger partial charge in [0.05, 0.1) is 10.2 Å². The molecule has 6 heteroatoms. The Kier molecular flexibility index (Phi) is 8.20. The molecule has 3 aromatic rings. The standard InChI is InChI=1S/C23H29N3OS.ClH/c1-6-25(7-2)11-12-26(22(27)19-10-8-9-16(3)14-19)23-24-21-18(5)13-17(4)15-20(21)28-23;/h8-10,13-15H,6-7,11-12H2,1-5H3;1H. The molecular formula is C23H30ClN3OS. The van der Waals surface area contributed by atoms with Crippen molar-refractivity contribution in [1.82, 2.24) is 9.88 Å². The van der Waals surface area contributed by atoms with E-state index in [1.165, 1.54) is 5.56 Å². The van der Waals surface area contributed by atoms with Crippen LogP contribution in [-0.4, -0.2) is 42.0 Å². The van der Waals surface area contributed by atoms with Crippen molar-refractivity contribution in [3.63, 3.8) is 0 Å². The zero-order valence-corrected chi connectivity index (χ0v) is 19.5. The van der Waals surface area contributed by atoms with Crippen molar-refractivity contribution < 1.29 is 4.79 Å². The summed E-state index contributed by atoms with van der Waals surface area (Å²) in [5.41, 5.74) is 5.18. The first-order chi connectivity index (χ1) is 13.4. The third-order valence-electron chi connectivity index (χ3n) is 5.09. The molecule has 0 fully saturated rings. The number of anilines is 1. The van der Waals surface area contributed by atoms with E-state index >= 15 is 0 Å². The zero-order chi connectivity index (χ0) is 20.3. The molecule has 0 N–H and O–H groups in total. The van der Waals surface area contributed by atoms with Gasteiger partial charge in [0.2, 0.25) is 0 Å². The van der Waals surface area contributed by atoms with Gasteiger partial charge in [-0.1, -0.05) is 48.9 Å². The minimum Gasteiger partial charge on any atom is -0.302 e. The summed E-state index contributed by atoms with van der Waals surface area (Å²) in [4.78, 5) is 22.4. The van der Waals surface area contributed by atoms with Crippen LogP contribution in [0.15, 0.2) is 36.4 Å². The average molecular weight is 432 g/mol. The number of amides is 1. The van der Waals surface area contributed by atoms with E-state index in [1.54, 1.807) is 11.3 Å². The van der Waals surface area contributed by atoms with Gasteiger partial charge in [-0.3, -0.25) is 9.69 Å². The summed E-state index contributed by atoms with van der Waals surface area (Å²) in [6, 6.07) is 12.1. The van der Waals surface area contributed by atoms with Gasteiger partial charge in [0.15, 0.2) is 5.13 Å². The van der Waals surface area contributed by atoms with Gasteiger partial charge in [-0.2, -0.15) is 0 Å². The van der Waals surface area contributed by atoms with E-state index in [9.17, 15) is 4.79 Å². The highest BCUT2D eigenvalue weighted by Crippen LogP contribution is 2.32. The molecule has 29 heavy (non-hydrogen) atoms. The first-order valence-electron chi connectivity index (χ1n) is 9.91. The number of aromatic nitrogens is 1. The number of benzene rings is 2. The van der Waals surface area contributed by atoms with E-state index in [0.717, 1.165) is 46.1 Å². The second-order valence-corrected chi connectivity index (χ2v) is 8.29. The summed E-state index contributed by atoms with van der Waals surface area (Å²) in [7, 11) is 0. The molecule has 0 spiro atoms. The number of rotatable bonds is 7. The molecule has 0 aliphatic heterocycles. The van der Waals surface area contributed by atoms with Crippen molar-refractivity contribution in [3.05, 3.63) is 58.7 Å². The average Bonchev–Trinajstić information content (AvgIpc) is 3.09. The molecule has 2 aromatic carbocycles. The van der Waals surface area contributed by atoms with Crippen LogP contribution in [0.1, 0.15) is 40.9 Å². The molecule has 0 radical (unpaired) electrons. The number of likely N-dealkylation sites (N-methyl/N-ethyl adjacent to an activating group) is 1. The number of halogens is 1. The van der Waals surface area contributed by atoms with Crippen LogP contribution in [0.4, 0.5) is 5.13 Å². The van der Waals surface area contributed by atoms with Gasteiger partial charge in [0, 0.05) is 18.7 Å². The Morgan fingerprint density at radius 3 is 2.38 bits per heavy atom. The summed E-state index contributed by atoms with van der Waals surface area (Å²) in [5, 5.41) is 0.780. The molecule has 1 aromatic heterocycles. The molecule has 0 saturated heterocycles. The highest BCUT2D eigenvalue weighted by Gasteiger charge is 2.22. The summed E-state index contributed by atoms with van der Waals surface area (Å²) in [6.07, 6.45) is 0. The number of nitrogens with zero attached hydrogens (tertiary/aromatic N) is 3. The third-order valence-corrected chi connectivity index (χ3v) is 6.12. The molecule has 0 saturated carbocycles. The quantitative estimate of drug-likeness (QED) is 0.486. The van der Waals surface area contributed by atoms with Crippen molar-refractivity contribution in [2.75, 3.05) is 31.1 Å². The second kappa shape index (κ2) is 10.2. The Labute approximate surface area is 184 Å². The Hall–Kier alpha value is -1.95. The fraction of sp³-hybridized carbons (Fsp3) is 0.391. The predicted octanol–water partition coefficient (Wildman–Crippen LogP) is 5.63. The SMILES string of the molecule is CCN(CC)CCN(C(=O)c1cccc(C)c1)c1nc2c(C)cc(C)cc2s1.Cl. The lowest BCUT2D eigenvalue weighted by atomic mass is 10.1. The van der Waals surface area contributed by atoms with Crippen LogP contribution >= 0.6 is 23.7 Å². The maximum Gasteiger partial charge on any atom is 0.260 e. The van der Waals surface area contributed by atoms with Gasteiger partial charge in [-0.25, -0.2) is 4.98 Å². The highest BCUT2D eigenvalue weighted by molar-refractivity contribution is 7.22. The summed E-state index contributed by atoms with van der Waals surface area (Å²) < 4.78 is 1.14. The minimum atomic E-state index is 0. The molecular weight excluding hydrogens is 402 g/mol. The van der Waals surface area contributed by atoms with E-state index in [2.05, 4.69) is 44.7 Å². The number of hydrogen-bond donors (Lipinski definition) is 0. The Balaban J connectivity index is 0.00000300. The van der Waals surface area contributed by atoms with Gasteiger partial charge in [0.25, 0.3) is 5.91 Å². The molecule has 0 bridgehead atoms. The molecule has 1 heterocycles. The topological polar surface area (TPSA) is 36.4 Å². The van der Waals surface area contributed by atoms with E-state index in [1.807, 2.05) is 36.1 Å². The monoisotopic (exact) mass is 431 g/mol. The number of aryl methyl sites for hydroxylation is 3. The van der Waals surface area contributed by atoms with Crippen LogP contribution < -0.4 is 4.90 Å². The molecule has 1 amide bonds. The second-order valence-electron chi connectivity index (χ2n) is 7.28. The van der Waals surface area contributed by atoms with Crippen LogP contribution in [0.25, 0.3) is 10.2 Å². The smallest absolute Gasteiger partial charge is 0.260 e. The largest absolute Gasteiger partial charge is 0.302 e. The number of thiazole rings is 1. The normalized spacial score (nSPS) is 11.0. The maximum atomic E-state index is 13.4. The highest BCUT2D eigenvalue weighted by atomic mass is 35.5. The van der Waals surface area contributed by atoms with Gasteiger partial charge >= 0.3 is 0 Å². The lowest BCUT2D eigenvalue weighted by molar-refractivity contribution is 0.0983. The van der Waals surface area contributed by atoms with E-state index < -0.39 is 0 Å². The van der Waals surface area contributed by atoms with Crippen molar-refractivity contribution in [1.29, 1.82) is 0 Å². The Morgan fingerprint density at radius 2 is 1.72 bits per heavy atom. The molecule has 0 unspecified atom stereocenters. The molecule has 0 aliphatic rings. The first-order valence-corrected chi connectivity index (χ1v) is 10.7. The Bertz CT molecular complexity index is 981. The van der Waals surface area contributed by atoms with Gasteiger partial charge in [-0.05, 0) is 63.2 Å². The maximum absolute atomic E-state index is 13.4. The Morgan fingerprint density at radius 1 is 1.00 bits per heavy atom. The zero-order valence-electron chi connectivity index (χ0n) is 17.9. The van der Waals surface area contributed by atoms with Crippen LogP contribution in [0, 0.1) is 20.8 Å². The minimum absolute atomic E-state index is 0. The van der Waals surface area contributed by atoms with Crippen molar-refractivity contribution in [2.24, 2.45) is 0 Å². The molecule has 0 aliphatic carbocycles. The number of carbonyl (C=O) groups is 1. The van der Waals surface area contributed by atoms with Gasteiger partial charge < -0.3 is 4.90 Å². The van der Waals surface area contributed by atoms with Crippen molar-refractivity contribution >= 4 is 45.0 Å². The molecule has 3 rings (SSSR count). The lowest BCUT2D eigenvalue weighted by Gasteiger charge is -2.24. The molecule has 156 valence electrons. The predicted molar refractivity (Wildman–Crippen MR) is 127 cm³/mol. The van der Waals surface area contributed by atoms with Crippen LogP contribution in [0.5, 0.6) is 0 Å². The van der Waals surface area contributed by atoms with Crippen LogP contribution in [0.2, 0.25) is 0 Å². The van der Waals surface area contributed by atoms with E-state index in [0.29, 0.717) is 12.1 Å². The number of carbonyl (C=O) groups excluding carboxylic acids is 1. The van der Waals surface area contributed by atoms with Crippen LogP contribution in [0.3, 0.4) is 0 Å². The van der Waals surface area contributed by atoms with Crippen molar-refractivity contribution in [3.8, 4) is 0 Å². The molecule has 0 atom stereocenters. The fourth-order valence-electron chi connectivity index (χ4n) is 3.47. The van der Waals surface area contributed by atoms with Crippen LogP contribution in [-0.2, 0) is 0 Å².